The van der Waals surface area contributed by atoms with E-state index in [4.69, 9.17) is 18.9 Å². The molecule has 0 saturated carbocycles. The van der Waals surface area contributed by atoms with Crippen LogP contribution in [0.25, 0.3) is 0 Å². The van der Waals surface area contributed by atoms with Gasteiger partial charge < -0.3 is 24.1 Å². The van der Waals surface area contributed by atoms with E-state index in [0.29, 0.717) is 12.2 Å². The second-order valence-corrected chi connectivity index (χ2v) is 6.85. The molecule has 1 N–H and O–H groups in total. The van der Waals surface area contributed by atoms with Crippen molar-refractivity contribution >= 4 is 5.97 Å². The van der Waals surface area contributed by atoms with Crippen molar-refractivity contribution in [2.45, 2.75) is 38.1 Å². The number of carbonyl (C=O) groups is 1. The van der Waals surface area contributed by atoms with E-state index in [9.17, 15) is 9.90 Å². The molecule has 0 radical (unpaired) electrons. The Bertz CT molecular complexity index is 735. The summed E-state index contributed by atoms with van der Waals surface area (Å²) >= 11 is 0. The highest BCUT2D eigenvalue weighted by molar-refractivity contribution is 5.89. The standard InChI is InChI=1S/C22H26O6/c1-15-20(26-13-16-9-5-3-6-10-16)19(23)18(28-22(15)25-2)14-27-21(24)17-11-7-4-8-12-17/h3-12,15,18-20,22-23H,13-14H2,1-2H3/t15?,18?,19-,20+,22+/m1/s1. The highest BCUT2D eigenvalue weighted by Gasteiger charge is 2.44. The molecule has 0 aliphatic carbocycles. The smallest absolute Gasteiger partial charge is 0.338 e. The third-order valence-corrected chi connectivity index (χ3v) is 4.88. The molecule has 2 unspecified atom stereocenters. The molecule has 2 aromatic carbocycles. The third-order valence-electron chi connectivity index (χ3n) is 4.88. The number of carbonyl (C=O) groups excluding carboxylic acids is 1. The zero-order chi connectivity index (χ0) is 19.9. The largest absolute Gasteiger partial charge is 0.459 e. The number of benzene rings is 2. The lowest BCUT2D eigenvalue weighted by atomic mass is 9.92. The number of aliphatic hydroxyl groups excluding tert-OH is 1. The van der Waals surface area contributed by atoms with Gasteiger partial charge in [-0.1, -0.05) is 55.5 Å². The van der Waals surface area contributed by atoms with Crippen LogP contribution in [0.3, 0.4) is 0 Å². The third kappa shape index (κ3) is 4.97. The Balaban J connectivity index is 1.63. The van der Waals surface area contributed by atoms with Gasteiger partial charge in [0, 0.05) is 13.0 Å². The molecule has 1 heterocycles. The van der Waals surface area contributed by atoms with E-state index in [-0.39, 0.29) is 12.5 Å². The summed E-state index contributed by atoms with van der Waals surface area (Å²) in [5, 5.41) is 10.8. The quantitative estimate of drug-likeness (QED) is 0.738. The van der Waals surface area contributed by atoms with Crippen molar-refractivity contribution < 1.29 is 28.8 Å². The molecule has 3 rings (SSSR count). The Morgan fingerprint density at radius 3 is 2.36 bits per heavy atom. The average molecular weight is 386 g/mol. The molecule has 1 aliphatic rings. The summed E-state index contributed by atoms with van der Waals surface area (Å²) in [5.41, 5.74) is 1.45. The van der Waals surface area contributed by atoms with Gasteiger partial charge in [0.05, 0.1) is 18.3 Å². The first-order chi connectivity index (χ1) is 13.6. The predicted octanol–water partition coefficient (Wildman–Crippen LogP) is 2.80. The van der Waals surface area contributed by atoms with Crippen LogP contribution in [-0.2, 0) is 25.6 Å². The Morgan fingerprint density at radius 2 is 1.71 bits per heavy atom. The van der Waals surface area contributed by atoms with E-state index in [2.05, 4.69) is 0 Å². The Hall–Kier alpha value is -2.25. The Labute approximate surface area is 165 Å². The fourth-order valence-corrected chi connectivity index (χ4v) is 3.29. The number of methoxy groups -OCH3 is 1. The summed E-state index contributed by atoms with van der Waals surface area (Å²) in [5.74, 6) is -0.657. The lowest BCUT2D eigenvalue weighted by Gasteiger charge is -2.42. The van der Waals surface area contributed by atoms with Crippen LogP contribution in [0.4, 0.5) is 0 Å². The molecule has 1 aliphatic heterocycles. The maximum absolute atomic E-state index is 12.2. The monoisotopic (exact) mass is 386 g/mol. The van der Waals surface area contributed by atoms with Crippen molar-refractivity contribution in [2.24, 2.45) is 5.92 Å². The van der Waals surface area contributed by atoms with Gasteiger partial charge >= 0.3 is 5.97 Å². The first-order valence-corrected chi connectivity index (χ1v) is 9.34. The molecule has 5 atom stereocenters. The molecular weight excluding hydrogens is 360 g/mol. The van der Waals surface area contributed by atoms with Crippen molar-refractivity contribution in [3.05, 3.63) is 71.8 Å². The van der Waals surface area contributed by atoms with Crippen LogP contribution in [0.2, 0.25) is 0 Å². The van der Waals surface area contributed by atoms with Crippen molar-refractivity contribution in [3.8, 4) is 0 Å². The maximum Gasteiger partial charge on any atom is 0.338 e. The molecule has 0 amide bonds. The van der Waals surface area contributed by atoms with Crippen LogP contribution in [0, 0.1) is 5.92 Å². The van der Waals surface area contributed by atoms with E-state index < -0.39 is 30.6 Å². The summed E-state index contributed by atoms with van der Waals surface area (Å²) in [6.07, 6.45) is -2.77. The van der Waals surface area contributed by atoms with Crippen molar-refractivity contribution in [2.75, 3.05) is 13.7 Å². The minimum atomic E-state index is -0.950. The van der Waals surface area contributed by atoms with Crippen LogP contribution >= 0.6 is 0 Å². The van der Waals surface area contributed by atoms with Gasteiger partial charge in [-0.15, -0.1) is 0 Å². The second-order valence-electron chi connectivity index (χ2n) is 6.85. The minimum absolute atomic E-state index is 0.0906. The Morgan fingerprint density at radius 1 is 1.07 bits per heavy atom. The number of ether oxygens (including phenoxy) is 4. The van der Waals surface area contributed by atoms with Crippen LogP contribution in [0.1, 0.15) is 22.8 Å². The summed E-state index contributed by atoms with van der Waals surface area (Å²) < 4.78 is 22.5. The molecular formula is C22H26O6. The van der Waals surface area contributed by atoms with Gasteiger partial charge in [-0.05, 0) is 17.7 Å². The molecule has 0 aromatic heterocycles. The van der Waals surface area contributed by atoms with E-state index in [0.717, 1.165) is 5.56 Å². The van der Waals surface area contributed by atoms with Crippen LogP contribution in [0.15, 0.2) is 60.7 Å². The van der Waals surface area contributed by atoms with Gasteiger partial charge in [0.1, 0.15) is 18.8 Å². The second kappa shape index (κ2) is 9.80. The zero-order valence-electron chi connectivity index (χ0n) is 16.1. The summed E-state index contributed by atoms with van der Waals surface area (Å²) in [6, 6.07) is 18.4. The number of esters is 1. The first kappa shape index (κ1) is 20.5. The molecule has 6 nitrogen and oxygen atoms in total. The fourth-order valence-electron chi connectivity index (χ4n) is 3.29. The number of hydrogen-bond donors (Lipinski definition) is 1. The SMILES string of the molecule is CO[C@H]1OC(COC(=O)c2ccccc2)[C@@H](O)[C@@H](OCc2ccccc2)C1C. The van der Waals surface area contributed by atoms with Gasteiger partial charge in [0.15, 0.2) is 6.29 Å². The molecule has 1 fully saturated rings. The first-order valence-electron chi connectivity index (χ1n) is 9.34. The van der Waals surface area contributed by atoms with Gasteiger partial charge in [-0.25, -0.2) is 4.79 Å². The number of rotatable bonds is 7. The zero-order valence-corrected chi connectivity index (χ0v) is 16.1. The molecule has 150 valence electrons. The van der Waals surface area contributed by atoms with Gasteiger partial charge in [0.25, 0.3) is 0 Å². The molecule has 28 heavy (non-hydrogen) atoms. The summed E-state index contributed by atoms with van der Waals surface area (Å²) in [4.78, 5) is 12.2. The van der Waals surface area contributed by atoms with Gasteiger partial charge in [-0.3, -0.25) is 0 Å². The molecule has 0 bridgehead atoms. The van der Waals surface area contributed by atoms with E-state index >= 15 is 0 Å². The number of aliphatic hydroxyl groups is 1. The van der Waals surface area contributed by atoms with E-state index in [1.54, 1.807) is 31.4 Å². The molecule has 2 aromatic rings. The molecule has 1 saturated heterocycles. The fraction of sp³-hybridized carbons (Fsp3) is 0.409. The predicted molar refractivity (Wildman–Crippen MR) is 103 cm³/mol. The van der Waals surface area contributed by atoms with Crippen LogP contribution in [-0.4, -0.2) is 49.4 Å². The van der Waals surface area contributed by atoms with Gasteiger partial charge in [0.2, 0.25) is 0 Å². The number of hydrogen-bond acceptors (Lipinski definition) is 6. The minimum Gasteiger partial charge on any atom is -0.459 e. The lowest BCUT2D eigenvalue weighted by molar-refractivity contribution is -0.284. The lowest BCUT2D eigenvalue weighted by Crippen LogP contribution is -2.56. The maximum atomic E-state index is 12.2. The molecule has 6 heteroatoms. The Kier molecular flexibility index (Phi) is 7.17. The van der Waals surface area contributed by atoms with Crippen molar-refractivity contribution in [3.63, 3.8) is 0 Å². The molecule has 0 spiro atoms. The topological polar surface area (TPSA) is 74.2 Å². The van der Waals surface area contributed by atoms with Crippen molar-refractivity contribution in [1.82, 2.24) is 0 Å². The van der Waals surface area contributed by atoms with E-state index in [1.165, 1.54) is 0 Å². The highest BCUT2D eigenvalue weighted by atomic mass is 16.7. The van der Waals surface area contributed by atoms with Crippen LogP contribution in [0.5, 0.6) is 0 Å². The summed E-state index contributed by atoms with van der Waals surface area (Å²) in [6.45, 7) is 2.17. The van der Waals surface area contributed by atoms with E-state index in [1.807, 2.05) is 43.3 Å². The highest BCUT2D eigenvalue weighted by Crippen LogP contribution is 2.29. The van der Waals surface area contributed by atoms with Gasteiger partial charge in [-0.2, -0.15) is 0 Å². The van der Waals surface area contributed by atoms with Crippen molar-refractivity contribution in [1.29, 1.82) is 0 Å². The normalized spacial score (nSPS) is 27.3. The van der Waals surface area contributed by atoms with Crippen LogP contribution < -0.4 is 0 Å². The average Bonchev–Trinajstić information content (AvgIpc) is 2.74. The summed E-state index contributed by atoms with van der Waals surface area (Å²) in [7, 11) is 1.54.